The van der Waals surface area contributed by atoms with Gasteiger partial charge in [0.25, 0.3) is 5.91 Å². The van der Waals surface area contributed by atoms with Crippen LogP contribution in [0.5, 0.6) is 0 Å². The number of benzene rings is 1. The summed E-state index contributed by atoms with van der Waals surface area (Å²) in [7, 11) is 0. The van der Waals surface area contributed by atoms with Gasteiger partial charge in [-0.1, -0.05) is 31.0 Å². The number of rotatable bonds is 6. The van der Waals surface area contributed by atoms with Gasteiger partial charge in [0, 0.05) is 18.1 Å². The number of hydrogen-bond acceptors (Lipinski definition) is 3. The van der Waals surface area contributed by atoms with E-state index < -0.39 is 23.3 Å². The molecule has 9 heteroatoms. The Labute approximate surface area is 172 Å². The highest BCUT2D eigenvalue weighted by Crippen LogP contribution is 2.34. The molecule has 1 N–H and O–H groups in total. The summed E-state index contributed by atoms with van der Waals surface area (Å²) in [6, 6.07) is 5.91. The number of piperidine rings is 1. The van der Waals surface area contributed by atoms with Crippen molar-refractivity contribution < 1.29 is 18.0 Å². The quantitative estimate of drug-likeness (QED) is 0.742. The summed E-state index contributed by atoms with van der Waals surface area (Å²) in [5, 5.41) is 6.72. The zero-order valence-corrected chi connectivity index (χ0v) is 16.9. The number of carbonyl (C=O) groups is 1. The average Bonchev–Trinajstić information content (AvgIpc) is 3.13. The van der Waals surface area contributed by atoms with Gasteiger partial charge in [-0.25, -0.2) is 4.68 Å². The fourth-order valence-electron chi connectivity index (χ4n) is 3.60. The van der Waals surface area contributed by atoms with Crippen LogP contribution in [0.1, 0.15) is 42.2 Å². The minimum Gasteiger partial charge on any atom is -0.352 e. The second-order valence-electron chi connectivity index (χ2n) is 7.47. The summed E-state index contributed by atoms with van der Waals surface area (Å²) in [5.74, 6) is -0.648. The predicted octanol–water partition coefficient (Wildman–Crippen LogP) is 4.40. The Balaban J connectivity index is 1.73. The first-order valence-electron chi connectivity index (χ1n) is 9.67. The van der Waals surface area contributed by atoms with Gasteiger partial charge in [0.2, 0.25) is 0 Å². The lowest BCUT2D eigenvalue weighted by atomic mass is 10.1. The normalized spacial score (nSPS) is 16.6. The lowest BCUT2D eigenvalue weighted by Gasteiger charge is -2.29. The van der Waals surface area contributed by atoms with Crippen molar-refractivity contribution in [3.05, 3.63) is 46.7 Å². The van der Waals surface area contributed by atoms with E-state index >= 15 is 0 Å². The molecule has 1 aromatic heterocycles. The predicted molar refractivity (Wildman–Crippen MR) is 105 cm³/mol. The van der Waals surface area contributed by atoms with E-state index in [0.717, 1.165) is 38.7 Å². The highest BCUT2D eigenvalue weighted by atomic mass is 35.5. The van der Waals surface area contributed by atoms with Gasteiger partial charge in [0.1, 0.15) is 0 Å². The van der Waals surface area contributed by atoms with Crippen LogP contribution in [0, 0.1) is 5.92 Å². The second kappa shape index (κ2) is 9.17. The molecule has 1 fully saturated rings. The molecule has 1 atom stereocenters. The molecule has 158 valence electrons. The van der Waals surface area contributed by atoms with Crippen LogP contribution >= 0.6 is 11.6 Å². The maximum absolute atomic E-state index is 13.7. The van der Waals surface area contributed by atoms with Crippen LogP contribution in [0.25, 0.3) is 5.69 Å². The van der Waals surface area contributed by atoms with E-state index in [1.54, 1.807) is 6.07 Å². The largest absolute Gasteiger partial charge is 0.434 e. The third kappa shape index (κ3) is 5.51. The molecule has 1 unspecified atom stereocenters. The third-order valence-electron chi connectivity index (χ3n) is 4.96. The van der Waals surface area contributed by atoms with Crippen LogP contribution in [0.15, 0.2) is 30.5 Å². The van der Waals surface area contributed by atoms with Crippen LogP contribution in [0.4, 0.5) is 13.2 Å². The van der Waals surface area contributed by atoms with Crippen molar-refractivity contribution in [2.45, 2.75) is 32.4 Å². The number of amides is 1. The number of nitrogens with one attached hydrogen (secondary N) is 1. The summed E-state index contributed by atoms with van der Waals surface area (Å²) in [6.07, 6.45) is -0.231. The van der Waals surface area contributed by atoms with Gasteiger partial charge < -0.3 is 10.2 Å². The topological polar surface area (TPSA) is 50.2 Å². The Hall–Kier alpha value is -2.06. The van der Waals surface area contributed by atoms with E-state index in [9.17, 15) is 18.0 Å². The van der Waals surface area contributed by atoms with Crippen molar-refractivity contribution in [1.29, 1.82) is 0 Å². The van der Waals surface area contributed by atoms with E-state index in [4.69, 9.17) is 11.6 Å². The number of halogens is 4. The summed E-state index contributed by atoms with van der Waals surface area (Å²) in [6.45, 7) is 5.16. The fourth-order valence-corrected chi connectivity index (χ4v) is 3.79. The number of aromatic nitrogens is 2. The van der Waals surface area contributed by atoms with Crippen LogP contribution in [0.3, 0.4) is 0 Å². The molecule has 1 aliphatic heterocycles. The first kappa shape index (κ1) is 21.6. The highest BCUT2D eigenvalue weighted by Gasteiger charge is 2.40. The van der Waals surface area contributed by atoms with Crippen LogP contribution in [0.2, 0.25) is 5.02 Å². The van der Waals surface area contributed by atoms with Gasteiger partial charge in [0.15, 0.2) is 5.69 Å². The van der Waals surface area contributed by atoms with Gasteiger partial charge in [-0.05, 0) is 50.0 Å². The van der Waals surface area contributed by atoms with Crippen molar-refractivity contribution in [2.75, 3.05) is 26.2 Å². The average molecular weight is 429 g/mol. The molecule has 1 saturated heterocycles. The summed E-state index contributed by atoms with van der Waals surface area (Å²) in [5.41, 5.74) is -1.47. The Bertz CT molecular complexity index is 846. The lowest BCUT2D eigenvalue weighted by molar-refractivity contribution is -0.143. The first-order chi connectivity index (χ1) is 13.8. The minimum atomic E-state index is -4.75. The van der Waals surface area contributed by atoms with Crippen molar-refractivity contribution >= 4 is 17.5 Å². The van der Waals surface area contributed by atoms with Gasteiger partial charge in [-0.3, -0.25) is 4.79 Å². The molecule has 1 amide bonds. The number of likely N-dealkylation sites (tertiary alicyclic amines) is 1. The Morgan fingerprint density at radius 3 is 2.66 bits per heavy atom. The molecule has 2 aromatic rings. The molecule has 1 aliphatic rings. The molecular formula is C20H24ClF3N4O. The van der Waals surface area contributed by atoms with Gasteiger partial charge in [-0.2, -0.15) is 18.3 Å². The highest BCUT2D eigenvalue weighted by molar-refractivity contribution is 6.30. The molecule has 2 heterocycles. The van der Waals surface area contributed by atoms with Gasteiger partial charge in [-0.15, -0.1) is 0 Å². The van der Waals surface area contributed by atoms with Gasteiger partial charge in [0.05, 0.1) is 17.4 Å². The smallest absolute Gasteiger partial charge is 0.352 e. The van der Waals surface area contributed by atoms with E-state index in [1.165, 1.54) is 24.6 Å². The molecule has 5 nitrogen and oxygen atoms in total. The van der Waals surface area contributed by atoms with E-state index in [1.807, 2.05) is 6.92 Å². The summed E-state index contributed by atoms with van der Waals surface area (Å²) in [4.78, 5) is 14.8. The van der Waals surface area contributed by atoms with Crippen molar-refractivity contribution in [2.24, 2.45) is 5.92 Å². The number of alkyl halides is 3. The van der Waals surface area contributed by atoms with Crippen LogP contribution in [-0.2, 0) is 6.18 Å². The second-order valence-corrected chi connectivity index (χ2v) is 7.91. The number of hydrogen-bond donors (Lipinski definition) is 1. The SMILES string of the molecule is CC(CNC(=O)c1cnn(-c2cccc(Cl)c2)c1C(F)(F)F)CN1CCCCC1. The van der Waals surface area contributed by atoms with Crippen molar-refractivity contribution in [3.8, 4) is 5.69 Å². The standard InChI is InChI=1S/C20H24ClF3N4O/c1-14(13-27-8-3-2-4-9-27)11-25-19(29)17-12-26-28(18(17)20(22,23)24)16-7-5-6-15(21)10-16/h5-7,10,12,14H,2-4,8-9,11,13H2,1H3,(H,25,29). The van der Waals surface area contributed by atoms with Crippen LogP contribution in [-0.4, -0.2) is 46.8 Å². The molecule has 3 rings (SSSR count). The Morgan fingerprint density at radius 1 is 1.28 bits per heavy atom. The minimum absolute atomic E-state index is 0.134. The van der Waals surface area contributed by atoms with Crippen molar-refractivity contribution in [3.63, 3.8) is 0 Å². The fraction of sp³-hybridized carbons (Fsp3) is 0.500. The molecule has 0 radical (unpaired) electrons. The molecule has 1 aromatic carbocycles. The first-order valence-corrected chi connectivity index (χ1v) is 10.0. The molecule has 29 heavy (non-hydrogen) atoms. The molecule has 0 spiro atoms. The van der Waals surface area contributed by atoms with E-state index in [0.29, 0.717) is 11.2 Å². The maximum Gasteiger partial charge on any atom is 0.434 e. The monoisotopic (exact) mass is 428 g/mol. The number of nitrogens with zero attached hydrogens (tertiary/aromatic N) is 3. The summed E-state index contributed by atoms with van der Waals surface area (Å²) >= 11 is 5.89. The molecule has 0 bridgehead atoms. The summed E-state index contributed by atoms with van der Waals surface area (Å²) < 4.78 is 41.9. The third-order valence-corrected chi connectivity index (χ3v) is 5.20. The molecule has 0 aliphatic carbocycles. The van der Waals surface area contributed by atoms with Crippen LogP contribution < -0.4 is 5.32 Å². The lowest BCUT2D eigenvalue weighted by Crippen LogP contribution is -2.38. The van der Waals surface area contributed by atoms with E-state index in [2.05, 4.69) is 15.3 Å². The molecule has 0 saturated carbocycles. The molecular weight excluding hydrogens is 405 g/mol. The number of carbonyl (C=O) groups excluding carboxylic acids is 1. The zero-order chi connectivity index (χ0) is 21.0. The van der Waals surface area contributed by atoms with E-state index in [-0.39, 0.29) is 16.6 Å². The zero-order valence-electron chi connectivity index (χ0n) is 16.2. The maximum atomic E-state index is 13.7. The van der Waals surface area contributed by atoms with Gasteiger partial charge >= 0.3 is 6.18 Å². The Morgan fingerprint density at radius 2 is 2.00 bits per heavy atom. The Kier molecular flexibility index (Phi) is 6.85. The van der Waals surface area contributed by atoms with Crippen molar-refractivity contribution in [1.82, 2.24) is 20.0 Å².